The quantitative estimate of drug-likeness (QED) is 0.350. The number of hydrogen-bond acceptors (Lipinski definition) is 4. The largest absolute Gasteiger partial charge is 0.457 e. The first kappa shape index (κ1) is 18.5. The lowest BCUT2D eigenvalue weighted by molar-refractivity contribution is 0.481. The van der Waals surface area contributed by atoms with E-state index in [9.17, 15) is 0 Å². The second-order valence-electron chi connectivity index (χ2n) is 7.99. The van der Waals surface area contributed by atoms with Crippen LogP contribution in [0, 0.1) is 0 Å². The van der Waals surface area contributed by atoms with Gasteiger partial charge in [-0.25, -0.2) is 4.98 Å². The van der Waals surface area contributed by atoms with Gasteiger partial charge in [-0.15, -0.1) is 0 Å². The average Bonchev–Trinajstić information content (AvgIpc) is 3.41. The molecular weight excluding hydrogens is 396 g/mol. The van der Waals surface area contributed by atoms with Crippen LogP contribution in [0.15, 0.2) is 104 Å². The van der Waals surface area contributed by atoms with Crippen LogP contribution in [0.1, 0.15) is 0 Å². The first-order valence-electron chi connectivity index (χ1n) is 10.6. The zero-order valence-electron chi connectivity index (χ0n) is 17.7. The number of ether oxygens (including phenoxy) is 1. The number of pyridine rings is 1. The van der Waals surface area contributed by atoms with Crippen molar-refractivity contribution in [3.8, 4) is 17.3 Å². The van der Waals surface area contributed by atoms with Crippen molar-refractivity contribution >= 4 is 27.5 Å². The van der Waals surface area contributed by atoms with E-state index < -0.39 is 0 Å². The van der Waals surface area contributed by atoms with Gasteiger partial charge >= 0.3 is 0 Å². The molecule has 1 aliphatic rings. The molecule has 3 aromatic carbocycles. The number of anilines is 1. The minimum absolute atomic E-state index is 0.813. The van der Waals surface area contributed by atoms with Gasteiger partial charge in [0.05, 0.1) is 17.7 Å². The van der Waals surface area contributed by atoms with Gasteiger partial charge < -0.3 is 14.5 Å². The summed E-state index contributed by atoms with van der Waals surface area (Å²) in [6, 6.07) is 28.9. The number of fused-ring (bicyclic) bond motifs is 3. The van der Waals surface area contributed by atoms with Gasteiger partial charge in [0.25, 0.3) is 0 Å². The molecule has 0 bridgehead atoms. The summed E-state index contributed by atoms with van der Waals surface area (Å²) in [4.78, 5) is 8.91. The Labute approximate surface area is 186 Å². The summed E-state index contributed by atoms with van der Waals surface area (Å²) < 4.78 is 8.49. The smallest absolute Gasteiger partial charge is 0.137 e. The van der Waals surface area contributed by atoms with E-state index in [0.717, 1.165) is 46.1 Å². The van der Waals surface area contributed by atoms with E-state index >= 15 is 0 Å². The SMILES string of the molecule is CN1C=CN(c2cccc(Oc3ccc4c(c3)c3ccccc3n4-c3ccccn3)c2)C1. The topological polar surface area (TPSA) is 33.5 Å². The van der Waals surface area contributed by atoms with Gasteiger partial charge in [0.15, 0.2) is 0 Å². The summed E-state index contributed by atoms with van der Waals surface area (Å²) in [7, 11) is 2.06. The third-order valence-corrected chi connectivity index (χ3v) is 5.78. The normalized spacial score (nSPS) is 13.4. The summed E-state index contributed by atoms with van der Waals surface area (Å²) >= 11 is 0. The summed E-state index contributed by atoms with van der Waals surface area (Å²) in [5.74, 6) is 2.54. The molecule has 5 aromatic rings. The highest BCUT2D eigenvalue weighted by Gasteiger charge is 2.14. The number of aromatic nitrogens is 2. The van der Waals surface area contributed by atoms with E-state index in [1.807, 2.05) is 42.6 Å². The lowest BCUT2D eigenvalue weighted by Crippen LogP contribution is -2.21. The van der Waals surface area contributed by atoms with Crippen molar-refractivity contribution in [3.63, 3.8) is 0 Å². The van der Waals surface area contributed by atoms with E-state index in [4.69, 9.17) is 4.74 Å². The third-order valence-electron chi connectivity index (χ3n) is 5.78. The molecule has 0 fully saturated rings. The van der Waals surface area contributed by atoms with Gasteiger partial charge in [-0.1, -0.05) is 30.3 Å². The predicted octanol–water partition coefficient (Wildman–Crippen LogP) is 6.15. The Kier molecular flexibility index (Phi) is 4.32. The highest BCUT2D eigenvalue weighted by Crippen LogP contribution is 2.35. The van der Waals surface area contributed by atoms with Crippen molar-refractivity contribution in [2.75, 3.05) is 18.6 Å². The molecule has 0 amide bonds. The molecule has 156 valence electrons. The Morgan fingerprint density at radius 2 is 1.59 bits per heavy atom. The number of para-hydroxylation sites is 1. The summed E-state index contributed by atoms with van der Waals surface area (Å²) in [5, 5.41) is 2.32. The van der Waals surface area contributed by atoms with Gasteiger partial charge in [0.1, 0.15) is 17.3 Å². The minimum Gasteiger partial charge on any atom is -0.457 e. The molecule has 0 saturated carbocycles. The lowest BCUT2D eigenvalue weighted by Gasteiger charge is -2.19. The van der Waals surface area contributed by atoms with Gasteiger partial charge in [-0.2, -0.15) is 0 Å². The lowest BCUT2D eigenvalue weighted by atomic mass is 10.1. The van der Waals surface area contributed by atoms with Crippen LogP contribution in [0.2, 0.25) is 0 Å². The minimum atomic E-state index is 0.813. The van der Waals surface area contributed by atoms with Crippen molar-refractivity contribution in [1.82, 2.24) is 14.5 Å². The fourth-order valence-corrected chi connectivity index (χ4v) is 4.31. The number of hydrogen-bond donors (Lipinski definition) is 0. The zero-order valence-corrected chi connectivity index (χ0v) is 17.7. The number of benzene rings is 3. The molecule has 5 nitrogen and oxygen atoms in total. The molecule has 32 heavy (non-hydrogen) atoms. The van der Waals surface area contributed by atoms with Crippen LogP contribution < -0.4 is 9.64 Å². The third kappa shape index (κ3) is 3.15. The van der Waals surface area contributed by atoms with E-state index in [1.54, 1.807) is 0 Å². The van der Waals surface area contributed by atoms with Gasteiger partial charge in [0, 0.05) is 48.2 Å². The molecule has 6 rings (SSSR count). The monoisotopic (exact) mass is 418 g/mol. The van der Waals surface area contributed by atoms with Crippen LogP contribution in [0.3, 0.4) is 0 Å². The summed E-state index contributed by atoms with van der Waals surface area (Å²) in [6.45, 7) is 0.836. The second-order valence-corrected chi connectivity index (χ2v) is 7.99. The molecule has 0 aliphatic carbocycles. The fraction of sp³-hybridized carbons (Fsp3) is 0.0741. The van der Waals surface area contributed by atoms with Crippen LogP contribution in [0.25, 0.3) is 27.6 Å². The molecular formula is C27H22N4O. The summed E-state index contributed by atoms with van der Waals surface area (Å²) in [5.41, 5.74) is 3.34. The molecule has 0 saturated heterocycles. The average molecular weight is 419 g/mol. The first-order valence-corrected chi connectivity index (χ1v) is 10.6. The van der Waals surface area contributed by atoms with Gasteiger partial charge in [0.2, 0.25) is 0 Å². The predicted molar refractivity (Wildman–Crippen MR) is 129 cm³/mol. The van der Waals surface area contributed by atoms with Crippen molar-refractivity contribution in [2.45, 2.75) is 0 Å². The Hall–Kier alpha value is -4.25. The molecule has 0 spiro atoms. The Bertz CT molecular complexity index is 1460. The van der Waals surface area contributed by atoms with Crippen molar-refractivity contribution in [2.24, 2.45) is 0 Å². The van der Waals surface area contributed by atoms with Crippen LogP contribution in [0.4, 0.5) is 5.69 Å². The van der Waals surface area contributed by atoms with E-state index in [0.29, 0.717) is 0 Å². The Morgan fingerprint density at radius 1 is 0.750 bits per heavy atom. The summed E-state index contributed by atoms with van der Waals surface area (Å²) in [6.07, 6.45) is 5.98. The van der Waals surface area contributed by atoms with Gasteiger partial charge in [-0.3, -0.25) is 4.57 Å². The second kappa shape index (κ2) is 7.46. The molecule has 5 heteroatoms. The standard InChI is InChI=1S/C27H22N4O/c1-29-15-16-30(19-29)20-7-6-8-21(17-20)32-22-12-13-26-24(18-22)23-9-2-3-10-25(23)31(26)27-11-4-5-14-28-27/h2-18H,19H2,1H3. The van der Waals surface area contributed by atoms with Crippen molar-refractivity contribution in [3.05, 3.63) is 104 Å². The van der Waals surface area contributed by atoms with E-state index in [-0.39, 0.29) is 0 Å². The van der Waals surface area contributed by atoms with Crippen LogP contribution in [0.5, 0.6) is 11.5 Å². The van der Waals surface area contributed by atoms with E-state index in [2.05, 4.69) is 87.3 Å². The maximum absolute atomic E-state index is 6.29. The van der Waals surface area contributed by atoms with Gasteiger partial charge in [-0.05, 0) is 48.5 Å². The molecule has 0 N–H and O–H groups in total. The highest BCUT2D eigenvalue weighted by atomic mass is 16.5. The van der Waals surface area contributed by atoms with Crippen LogP contribution in [-0.4, -0.2) is 28.2 Å². The maximum atomic E-state index is 6.29. The molecule has 1 aliphatic heterocycles. The fourth-order valence-electron chi connectivity index (χ4n) is 4.31. The molecule has 3 heterocycles. The molecule has 0 atom stereocenters. The molecule has 2 aromatic heterocycles. The van der Waals surface area contributed by atoms with Crippen LogP contribution >= 0.6 is 0 Å². The molecule has 0 radical (unpaired) electrons. The number of nitrogens with zero attached hydrogens (tertiary/aromatic N) is 4. The highest BCUT2D eigenvalue weighted by molar-refractivity contribution is 6.09. The first-order chi connectivity index (χ1) is 15.8. The molecule has 0 unspecified atom stereocenters. The zero-order chi connectivity index (χ0) is 21.5. The van der Waals surface area contributed by atoms with E-state index in [1.165, 1.54) is 5.39 Å². The number of rotatable bonds is 4. The maximum Gasteiger partial charge on any atom is 0.137 e. The van der Waals surface area contributed by atoms with Crippen molar-refractivity contribution < 1.29 is 4.74 Å². The Balaban J connectivity index is 1.41. The van der Waals surface area contributed by atoms with Crippen molar-refractivity contribution in [1.29, 1.82) is 0 Å². The van der Waals surface area contributed by atoms with Crippen LogP contribution in [-0.2, 0) is 0 Å². The Morgan fingerprint density at radius 3 is 2.44 bits per heavy atom.